The normalized spacial score (nSPS) is 24.7. The molecule has 0 aromatic heterocycles. The summed E-state index contributed by atoms with van der Waals surface area (Å²) in [5, 5.41) is 0. The Balaban J connectivity index is 1.31. The summed E-state index contributed by atoms with van der Waals surface area (Å²) >= 11 is 0. The highest BCUT2D eigenvalue weighted by molar-refractivity contribution is 5.89. The third-order valence-corrected chi connectivity index (χ3v) is 7.12. The summed E-state index contributed by atoms with van der Waals surface area (Å²) in [6, 6.07) is 16.3. The van der Waals surface area contributed by atoms with Crippen LogP contribution in [-0.2, 0) is 21.5 Å². The standard InChI is InChI=1S/C25H27FN2O3/c26-21-10-8-19(9-11-21)16-28-18-24(31-23(28)30)14-15-27(17-24)22(29)25(12-4-5-13-25)20-6-2-1-3-7-20/h1-3,6-11H,4-5,12-18H2/t24-/m0/s1. The zero-order valence-electron chi connectivity index (χ0n) is 17.6. The Morgan fingerprint density at radius 2 is 1.68 bits per heavy atom. The van der Waals surface area contributed by atoms with Crippen molar-refractivity contribution in [3.63, 3.8) is 0 Å². The Kier molecular flexibility index (Phi) is 4.95. The first kappa shape index (κ1) is 20.0. The summed E-state index contributed by atoms with van der Waals surface area (Å²) in [6.45, 7) is 1.87. The number of amides is 2. The van der Waals surface area contributed by atoms with E-state index in [0.29, 0.717) is 32.6 Å². The van der Waals surface area contributed by atoms with Crippen molar-refractivity contribution in [3.8, 4) is 0 Å². The molecule has 0 radical (unpaired) electrons. The highest BCUT2D eigenvalue weighted by Gasteiger charge is 2.53. The van der Waals surface area contributed by atoms with E-state index in [-0.39, 0.29) is 17.8 Å². The van der Waals surface area contributed by atoms with Gasteiger partial charge in [0.15, 0.2) is 5.60 Å². The number of hydrogen-bond donors (Lipinski definition) is 0. The lowest BCUT2D eigenvalue weighted by atomic mass is 9.77. The van der Waals surface area contributed by atoms with Gasteiger partial charge in [-0.05, 0) is 36.1 Å². The van der Waals surface area contributed by atoms with Crippen molar-refractivity contribution in [1.82, 2.24) is 9.80 Å². The molecule has 0 N–H and O–H groups in total. The molecule has 1 saturated carbocycles. The molecule has 1 aliphatic carbocycles. The molecule has 162 valence electrons. The SMILES string of the molecule is O=C1O[C@]2(CCN(C(=O)C3(c4ccccc4)CCCC3)C2)CN1Cc1ccc(F)cc1. The second-order valence-corrected chi connectivity index (χ2v) is 9.17. The second kappa shape index (κ2) is 7.66. The van der Waals surface area contributed by atoms with Crippen LogP contribution in [0, 0.1) is 5.82 Å². The van der Waals surface area contributed by atoms with Crippen LogP contribution in [0.2, 0.25) is 0 Å². The number of carbonyl (C=O) groups is 2. The molecule has 2 saturated heterocycles. The van der Waals surface area contributed by atoms with Crippen LogP contribution in [0.1, 0.15) is 43.2 Å². The Labute approximate surface area is 181 Å². The van der Waals surface area contributed by atoms with Gasteiger partial charge in [0.05, 0.1) is 18.5 Å². The lowest BCUT2D eigenvalue weighted by molar-refractivity contribution is -0.137. The van der Waals surface area contributed by atoms with E-state index in [1.165, 1.54) is 12.1 Å². The maximum Gasteiger partial charge on any atom is 0.410 e. The molecule has 2 amide bonds. The number of rotatable bonds is 4. The molecule has 5 rings (SSSR count). The Hall–Kier alpha value is -2.89. The minimum absolute atomic E-state index is 0.168. The number of nitrogens with zero attached hydrogens (tertiary/aromatic N) is 2. The summed E-state index contributed by atoms with van der Waals surface area (Å²) in [7, 11) is 0. The van der Waals surface area contributed by atoms with Crippen LogP contribution in [0.15, 0.2) is 54.6 Å². The van der Waals surface area contributed by atoms with Crippen molar-refractivity contribution in [2.24, 2.45) is 0 Å². The van der Waals surface area contributed by atoms with Gasteiger partial charge in [-0.25, -0.2) is 9.18 Å². The van der Waals surface area contributed by atoms with Crippen molar-refractivity contribution in [3.05, 3.63) is 71.5 Å². The van der Waals surface area contributed by atoms with Gasteiger partial charge in [-0.15, -0.1) is 0 Å². The zero-order chi connectivity index (χ0) is 21.5. The van der Waals surface area contributed by atoms with Crippen LogP contribution in [0.3, 0.4) is 0 Å². The maximum atomic E-state index is 13.7. The van der Waals surface area contributed by atoms with Crippen LogP contribution in [-0.4, -0.2) is 47.0 Å². The zero-order valence-corrected chi connectivity index (χ0v) is 17.6. The molecule has 2 aliphatic heterocycles. The minimum atomic E-state index is -0.650. The summed E-state index contributed by atoms with van der Waals surface area (Å²) in [6.07, 6.45) is 4.14. The van der Waals surface area contributed by atoms with Crippen molar-refractivity contribution >= 4 is 12.0 Å². The molecular formula is C25H27FN2O3. The van der Waals surface area contributed by atoms with Crippen molar-refractivity contribution in [2.75, 3.05) is 19.6 Å². The topological polar surface area (TPSA) is 49.9 Å². The molecule has 3 fully saturated rings. The molecule has 31 heavy (non-hydrogen) atoms. The molecule has 0 bridgehead atoms. The lowest BCUT2D eigenvalue weighted by Gasteiger charge is -2.33. The van der Waals surface area contributed by atoms with Crippen molar-refractivity contribution < 1.29 is 18.7 Å². The summed E-state index contributed by atoms with van der Waals surface area (Å²) < 4.78 is 19.0. The number of halogens is 1. The van der Waals surface area contributed by atoms with Crippen molar-refractivity contribution in [2.45, 2.75) is 49.7 Å². The minimum Gasteiger partial charge on any atom is -0.439 e. The fourth-order valence-electron chi connectivity index (χ4n) is 5.52. The van der Waals surface area contributed by atoms with E-state index >= 15 is 0 Å². The highest BCUT2D eigenvalue weighted by Crippen LogP contribution is 2.44. The van der Waals surface area contributed by atoms with Crippen molar-refractivity contribution in [1.29, 1.82) is 0 Å². The van der Waals surface area contributed by atoms with E-state index in [9.17, 15) is 14.0 Å². The first-order valence-corrected chi connectivity index (χ1v) is 11.1. The quantitative estimate of drug-likeness (QED) is 0.740. The third kappa shape index (κ3) is 3.58. The average Bonchev–Trinajstić information content (AvgIpc) is 3.50. The predicted molar refractivity (Wildman–Crippen MR) is 114 cm³/mol. The molecule has 1 spiro atoms. The van der Waals surface area contributed by atoms with Crippen LogP contribution in [0.5, 0.6) is 0 Å². The van der Waals surface area contributed by atoms with E-state index in [0.717, 1.165) is 36.8 Å². The summed E-state index contributed by atoms with van der Waals surface area (Å²) in [5.41, 5.74) is 0.849. The first-order chi connectivity index (χ1) is 15.0. The number of ether oxygens (including phenoxy) is 1. The molecule has 1 atom stereocenters. The van der Waals surface area contributed by atoms with E-state index < -0.39 is 11.0 Å². The number of likely N-dealkylation sites (tertiary alicyclic amines) is 1. The van der Waals surface area contributed by atoms with Gasteiger partial charge in [0, 0.05) is 19.5 Å². The van der Waals surface area contributed by atoms with Crippen LogP contribution in [0.25, 0.3) is 0 Å². The van der Waals surface area contributed by atoms with Gasteiger partial charge in [-0.1, -0.05) is 55.3 Å². The van der Waals surface area contributed by atoms with E-state index in [1.54, 1.807) is 17.0 Å². The van der Waals surface area contributed by atoms with Gasteiger partial charge >= 0.3 is 6.09 Å². The average molecular weight is 423 g/mol. The van der Waals surface area contributed by atoms with Gasteiger partial charge in [0.2, 0.25) is 5.91 Å². The predicted octanol–water partition coefficient (Wildman–Crippen LogP) is 4.26. The number of hydrogen-bond acceptors (Lipinski definition) is 3. The van der Waals surface area contributed by atoms with Gasteiger partial charge in [-0.3, -0.25) is 9.69 Å². The monoisotopic (exact) mass is 422 g/mol. The summed E-state index contributed by atoms with van der Waals surface area (Å²) in [5.74, 6) is -0.130. The molecule has 5 nitrogen and oxygen atoms in total. The summed E-state index contributed by atoms with van der Waals surface area (Å²) in [4.78, 5) is 29.8. The molecule has 2 heterocycles. The van der Waals surface area contributed by atoms with Gasteiger partial charge in [0.25, 0.3) is 0 Å². The number of benzene rings is 2. The third-order valence-electron chi connectivity index (χ3n) is 7.12. The van der Waals surface area contributed by atoms with Gasteiger partial charge in [-0.2, -0.15) is 0 Å². The largest absolute Gasteiger partial charge is 0.439 e. The van der Waals surface area contributed by atoms with Crippen LogP contribution >= 0.6 is 0 Å². The fraction of sp³-hybridized carbons (Fsp3) is 0.440. The van der Waals surface area contributed by atoms with Gasteiger partial charge in [0.1, 0.15) is 5.82 Å². The Bertz CT molecular complexity index is 972. The highest BCUT2D eigenvalue weighted by atomic mass is 19.1. The molecule has 2 aromatic rings. The smallest absolute Gasteiger partial charge is 0.410 e. The lowest BCUT2D eigenvalue weighted by Crippen LogP contribution is -2.47. The number of carbonyl (C=O) groups excluding carboxylic acids is 2. The Morgan fingerprint density at radius 1 is 0.968 bits per heavy atom. The maximum absolute atomic E-state index is 13.7. The molecule has 0 unspecified atom stereocenters. The van der Waals surface area contributed by atoms with Gasteiger partial charge < -0.3 is 9.64 Å². The second-order valence-electron chi connectivity index (χ2n) is 9.17. The fourth-order valence-corrected chi connectivity index (χ4v) is 5.52. The molecular weight excluding hydrogens is 395 g/mol. The van der Waals surface area contributed by atoms with E-state index in [4.69, 9.17) is 4.74 Å². The van der Waals surface area contributed by atoms with E-state index in [1.807, 2.05) is 23.1 Å². The molecule has 6 heteroatoms. The van der Waals surface area contributed by atoms with Crippen LogP contribution in [0.4, 0.5) is 9.18 Å². The molecule has 2 aromatic carbocycles. The Morgan fingerprint density at radius 3 is 2.39 bits per heavy atom. The first-order valence-electron chi connectivity index (χ1n) is 11.1. The van der Waals surface area contributed by atoms with Crippen LogP contribution < -0.4 is 0 Å². The van der Waals surface area contributed by atoms with E-state index in [2.05, 4.69) is 12.1 Å². The molecule has 3 aliphatic rings.